The van der Waals surface area contributed by atoms with Gasteiger partial charge < -0.3 is 5.73 Å². The molecule has 2 heterocycles. The predicted molar refractivity (Wildman–Crippen MR) is 58.0 cm³/mol. The third kappa shape index (κ3) is 2.42. The van der Waals surface area contributed by atoms with Crippen LogP contribution in [0.2, 0.25) is 0 Å². The lowest BCUT2D eigenvalue weighted by Gasteiger charge is -2.29. The molecule has 1 aliphatic rings. The number of piperidine rings is 1. The molecule has 1 saturated heterocycles. The Labute approximate surface area is 88.3 Å². The molecule has 4 nitrogen and oxygen atoms in total. The highest BCUT2D eigenvalue weighted by molar-refractivity contribution is 7.09. The first-order valence-corrected chi connectivity index (χ1v) is 5.82. The molecular formula is C9H16N4S. The molecule has 14 heavy (non-hydrogen) atoms. The van der Waals surface area contributed by atoms with Crippen LogP contribution in [0.15, 0.2) is 0 Å². The summed E-state index contributed by atoms with van der Waals surface area (Å²) in [4.78, 5) is 6.57. The number of hydrogen-bond acceptors (Lipinski definition) is 5. The van der Waals surface area contributed by atoms with E-state index >= 15 is 0 Å². The van der Waals surface area contributed by atoms with Gasteiger partial charge in [-0.2, -0.15) is 4.37 Å². The Morgan fingerprint density at radius 2 is 2.21 bits per heavy atom. The van der Waals surface area contributed by atoms with Crippen molar-refractivity contribution in [2.45, 2.75) is 26.3 Å². The van der Waals surface area contributed by atoms with Crippen molar-refractivity contribution in [3.63, 3.8) is 0 Å². The van der Waals surface area contributed by atoms with E-state index in [9.17, 15) is 0 Å². The van der Waals surface area contributed by atoms with Gasteiger partial charge in [0.05, 0.1) is 6.54 Å². The van der Waals surface area contributed by atoms with Crippen LogP contribution in [0.25, 0.3) is 0 Å². The van der Waals surface area contributed by atoms with Gasteiger partial charge in [-0.3, -0.25) is 4.90 Å². The minimum Gasteiger partial charge on any atom is -0.374 e. The van der Waals surface area contributed by atoms with Crippen LogP contribution in [-0.4, -0.2) is 27.3 Å². The molecule has 1 aromatic heterocycles. The zero-order valence-corrected chi connectivity index (χ0v) is 9.26. The molecule has 1 aliphatic heterocycles. The maximum atomic E-state index is 5.53. The first-order valence-electron chi connectivity index (χ1n) is 5.04. The van der Waals surface area contributed by atoms with Crippen LogP contribution in [0.1, 0.15) is 25.6 Å². The molecule has 2 N–H and O–H groups in total. The van der Waals surface area contributed by atoms with E-state index in [1.807, 2.05) is 0 Å². The van der Waals surface area contributed by atoms with Crippen molar-refractivity contribution in [1.29, 1.82) is 0 Å². The van der Waals surface area contributed by atoms with Crippen LogP contribution in [0.3, 0.4) is 0 Å². The largest absolute Gasteiger partial charge is 0.374 e. The quantitative estimate of drug-likeness (QED) is 0.804. The van der Waals surface area contributed by atoms with E-state index in [-0.39, 0.29) is 0 Å². The van der Waals surface area contributed by atoms with Crippen LogP contribution in [0.5, 0.6) is 0 Å². The van der Waals surface area contributed by atoms with Crippen molar-refractivity contribution in [2.75, 3.05) is 18.8 Å². The van der Waals surface area contributed by atoms with E-state index in [2.05, 4.69) is 21.2 Å². The van der Waals surface area contributed by atoms with Crippen LogP contribution in [0.4, 0.5) is 5.13 Å². The van der Waals surface area contributed by atoms with Gasteiger partial charge in [0.25, 0.3) is 0 Å². The molecule has 0 saturated carbocycles. The molecule has 0 radical (unpaired) electrons. The Hall–Kier alpha value is -0.680. The Bertz CT molecular complexity index is 291. The van der Waals surface area contributed by atoms with Gasteiger partial charge in [0.15, 0.2) is 11.0 Å². The number of nitrogen functional groups attached to an aromatic ring is 1. The molecule has 5 heteroatoms. The summed E-state index contributed by atoms with van der Waals surface area (Å²) < 4.78 is 4.19. The summed E-state index contributed by atoms with van der Waals surface area (Å²) in [5, 5.41) is 0.574. The maximum absolute atomic E-state index is 5.53. The van der Waals surface area contributed by atoms with Gasteiger partial charge in [0, 0.05) is 11.5 Å². The minimum absolute atomic E-state index is 0.574. The number of aromatic nitrogens is 2. The fourth-order valence-corrected chi connectivity index (χ4v) is 2.20. The summed E-state index contributed by atoms with van der Waals surface area (Å²) in [5.74, 6) is 1.75. The van der Waals surface area contributed by atoms with Crippen LogP contribution < -0.4 is 5.73 Å². The highest BCUT2D eigenvalue weighted by Gasteiger charge is 2.16. The second-order valence-electron chi connectivity index (χ2n) is 4.01. The first-order chi connectivity index (χ1) is 6.74. The molecule has 1 fully saturated rings. The van der Waals surface area contributed by atoms with E-state index in [1.165, 1.54) is 37.5 Å². The van der Waals surface area contributed by atoms with Crippen molar-refractivity contribution in [2.24, 2.45) is 5.92 Å². The third-order valence-electron chi connectivity index (χ3n) is 2.73. The summed E-state index contributed by atoms with van der Waals surface area (Å²) in [5.41, 5.74) is 5.53. The molecule has 0 spiro atoms. The molecule has 78 valence electrons. The van der Waals surface area contributed by atoms with Crippen molar-refractivity contribution in [3.05, 3.63) is 5.82 Å². The lowest BCUT2D eigenvalue weighted by atomic mass is 9.99. The monoisotopic (exact) mass is 212 g/mol. The van der Waals surface area contributed by atoms with Gasteiger partial charge in [0.1, 0.15) is 0 Å². The van der Waals surface area contributed by atoms with E-state index in [1.54, 1.807) is 0 Å². The molecule has 0 aromatic carbocycles. The van der Waals surface area contributed by atoms with E-state index in [4.69, 9.17) is 5.73 Å². The SMILES string of the molecule is CC1CCN(Cc2nsc(N)n2)CC1. The van der Waals surface area contributed by atoms with E-state index in [0.29, 0.717) is 5.13 Å². The van der Waals surface area contributed by atoms with E-state index < -0.39 is 0 Å². The molecule has 2 rings (SSSR count). The third-order valence-corrected chi connectivity index (χ3v) is 3.31. The van der Waals surface area contributed by atoms with Gasteiger partial charge in [-0.15, -0.1) is 0 Å². The van der Waals surface area contributed by atoms with Crippen molar-refractivity contribution in [1.82, 2.24) is 14.3 Å². The fraction of sp³-hybridized carbons (Fsp3) is 0.778. The number of nitrogens with zero attached hydrogens (tertiary/aromatic N) is 3. The number of likely N-dealkylation sites (tertiary alicyclic amines) is 1. The lowest BCUT2D eigenvalue weighted by molar-refractivity contribution is 0.182. The highest BCUT2D eigenvalue weighted by atomic mass is 32.1. The zero-order chi connectivity index (χ0) is 9.97. The summed E-state index contributed by atoms with van der Waals surface area (Å²) in [6.45, 7) is 5.51. The van der Waals surface area contributed by atoms with Gasteiger partial charge in [0.2, 0.25) is 0 Å². The molecule has 0 bridgehead atoms. The maximum Gasteiger partial charge on any atom is 0.199 e. The van der Waals surface area contributed by atoms with E-state index in [0.717, 1.165) is 18.3 Å². The molecule has 0 aliphatic carbocycles. The van der Waals surface area contributed by atoms with Crippen molar-refractivity contribution < 1.29 is 0 Å². The molecular weight excluding hydrogens is 196 g/mol. The summed E-state index contributed by atoms with van der Waals surface area (Å²) in [6.07, 6.45) is 2.58. The van der Waals surface area contributed by atoms with Crippen LogP contribution in [0, 0.1) is 5.92 Å². The number of nitrogens with two attached hydrogens (primary N) is 1. The topological polar surface area (TPSA) is 55.0 Å². The lowest BCUT2D eigenvalue weighted by Crippen LogP contribution is -2.32. The second-order valence-corrected chi connectivity index (χ2v) is 4.79. The average molecular weight is 212 g/mol. The molecule has 0 amide bonds. The summed E-state index contributed by atoms with van der Waals surface area (Å²) in [6, 6.07) is 0. The molecule has 1 aromatic rings. The standard InChI is InChI=1S/C9H16N4S/c1-7-2-4-13(5-3-7)6-8-11-9(10)14-12-8/h7H,2-6H2,1H3,(H2,10,11,12). The van der Waals surface area contributed by atoms with Crippen LogP contribution in [-0.2, 0) is 6.54 Å². The highest BCUT2D eigenvalue weighted by Crippen LogP contribution is 2.17. The van der Waals surface area contributed by atoms with Gasteiger partial charge >= 0.3 is 0 Å². The van der Waals surface area contributed by atoms with Gasteiger partial charge in [-0.1, -0.05) is 6.92 Å². The van der Waals surface area contributed by atoms with Crippen molar-refractivity contribution >= 4 is 16.7 Å². The molecule has 0 atom stereocenters. The van der Waals surface area contributed by atoms with Crippen molar-refractivity contribution in [3.8, 4) is 0 Å². The summed E-state index contributed by atoms with van der Waals surface area (Å²) >= 11 is 1.28. The second kappa shape index (κ2) is 4.23. The Morgan fingerprint density at radius 1 is 1.50 bits per heavy atom. The normalized spacial score (nSPS) is 20.1. The van der Waals surface area contributed by atoms with Crippen LogP contribution >= 0.6 is 11.5 Å². The fourth-order valence-electron chi connectivity index (χ4n) is 1.75. The number of anilines is 1. The van der Waals surface area contributed by atoms with Gasteiger partial charge in [-0.05, 0) is 31.8 Å². The predicted octanol–water partition coefficient (Wildman–Crippen LogP) is 1.35. The number of rotatable bonds is 2. The Morgan fingerprint density at radius 3 is 2.79 bits per heavy atom. The molecule has 0 unspecified atom stereocenters. The minimum atomic E-state index is 0.574. The first kappa shape index (κ1) is 9.86. The van der Waals surface area contributed by atoms with Gasteiger partial charge in [-0.25, -0.2) is 4.98 Å². The zero-order valence-electron chi connectivity index (χ0n) is 8.44. The average Bonchev–Trinajstić information content (AvgIpc) is 2.56. The Balaban J connectivity index is 1.86. The Kier molecular flexibility index (Phi) is 2.98. The number of hydrogen-bond donors (Lipinski definition) is 1. The summed E-state index contributed by atoms with van der Waals surface area (Å²) in [7, 11) is 0. The smallest absolute Gasteiger partial charge is 0.199 e.